The zero-order valence-corrected chi connectivity index (χ0v) is 24.7. The third-order valence-corrected chi connectivity index (χ3v) is 8.65. The number of pyridine rings is 1. The van der Waals surface area contributed by atoms with E-state index >= 15 is 0 Å². The van der Waals surface area contributed by atoms with Gasteiger partial charge < -0.3 is 14.9 Å². The molecule has 1 aromatic carbocycles. The van der Waals surface area contributed by atoms with Crippen molar-refractivity contribution in [3.63, 3.8) is 0 Å². The molecule has 216 valence electrons. The van der Waals surface area contributed by atoms with Gasteiger partial charge in [0.25, 0.3) is 11.5 Å². The predicted molar refractivity (Wildman–Crippen MR) is 163 cm³/mol. The number of aromatic nitrogens is 1. The van der Waals surface area contributed by atoms with Crippen molar-refractivity contribution in [2.75, 3.05) is 42.5 Å². The number of nitriles is 1. The van der Waals surface area contributed by atoms with Crippen LogP contribution >= 0.6 is 24.0 Å². The molecule has 0 spiro atoms. The largest absolute Gasteiger partial charge is 0.481 e. The van der Waals surface area contributed by atoms with Crippen LogP contribution in [0.2, 0.25) is 0 Å². The van der Waals surface area contributed by atoms with Crippen LogP contribution in [0, 0.1) is 24.1 Å². The van der Waals surface area contributed by atoms with E-state index in [1.54, 1.807) is 35.8 Å². The van der Waals surface area contributed by atoms with Gasteiger partial charge in [0.15, 0.2) is 0 Å². The normalized spacial score (nSPS) is 16.5. The number of hydrogen-bond acceptors (Lipinski definition) is 8. The Morgan fingerprint density at radius 2 is 1.83 bits per heavy atom. The number of rotatable bonds is 10. The zero-order chi connectivity index (χ0) is 29.7. The molecule has 0 unspecified atom stereocenters. The lowest BCUT2D eigenvalue weighted by molar-refractivity contribution is -0.137. The van der Waals surface area contributed by atoms with Crippen LogP contribution in [0.25, 0.3) is 6.08 Å². The molecule has 2 aliphatic rings. The van der Waals surface area contributed by atoms with E-state index in [1.807, 2.05) is 11.8 Å². The molecule has 2 aromatic rings. The van der Waals surface area contributed by atoms with E-state index in [9.17, 15) is 24.0 Å². The summed E-state index contributed by atoms with van der Waals surface area (Å²) in [6.07, 6.45) is 3.46. The fourth-order valence-electron chi connectivity index (χ4n) is 5.09. The van der Waals surface area contributed by atoms with Crippen molar-refractivity contribution < 1.29 is 19.1 Å². The Balaban J connectivity index is 1.75. The predicted octanol–water partition coefficient (Wildman–Crippen LogP) is 4.36. The average Bonchev–Trinajstić information content (AvgIpc) is 3.21. The number of unbranched alkanes of at least 4 members (excludes halogenated alkanes) is 1. The van der Waals surface area contributed by atoms with Gasteiger partial charge in [0.1, 0.15) is 27.6 Å². The molecule has 9 nitrogen and oxygen atoms in total. The van der Waals surface area contributed by atoms with Crippen LogP contribution in [0.15, 0.2) is 34.0 Å². The number of nitrogens with zero attached hydrogens (tertiary/aromatic N) is 5. The van der Waals surface area contributed by atoms with Gasteiger partial charge in [-0.15, -0.1) is 0 Å². The molecule has 3 heterocycles. The standard InChI is InChI=1S/C29H32FN5O4S2/c1-3-4-11-34-26(33-15-13-32(14-16-33)23-9-6-5-8-22(23)30)20(19(2)21(18-31)27(34)38)17-24-28(39)35(29(40)41-24)12-7-10-25(36)37/h5-6,8-9,17H,3-4,7,10-16H2,1-2H3,(H,36,37)/b24-17-. The lowest BCUT2D eigenvalue weighted by Crippen LogP contribution is -2.49. The first kappa shape index (κ1) is 30.3. The van der Waals surface area contributed by atoms with Crippen LogP contribution < -0.4 is 15.4 Å². The summed E-state index contributed by atoms with van der Waals surface area (Å²) >= 11 is 6.55. The third-order valence-electron chi connectivity index (χ3n) is 7.28. The zero-order valence-electron chi connectivity index (χ0n) is 23.1. The van der Waals surface area contributed by atoms with Crippen molar-refractivity contribution in [3.05, 3.63) is 62.0 Å². The number of carboxylic acids is 1. The highest BCUT2D eigenvalue weighted by atomic mass is 32.2. The summed E-state index contributed by atoms with van der Waals surface area (Å²) in [6, 6.07) is 8.70. The number of thioether (sulfide) groups is 1. The van der Waals surface area contributed by atoms with Gasteiger partial charge >= 0.3 is 5.97 Å². The summed E-state index contributed by atoms with van der Waals surface area (Å²) in [7, 11) is 0. The van der Waals surface area contributed by atoms with Crippen molar-refractivity contribution in [2.45, 2.75) is 46.1 Å². The molecule has 1 aromatic heterocycles. The minimum atomic E-state index is -0.945. The van der Waals surface area contributed by atoms with Crippen LogP contribution in [-0.4, -0.2) is 63.5 Å². The third kappa shape index (κ3) is 6.47. The first-order valence-corrected chi connectivity index (χ1v) is 14.8. The van der Waals surface area contributed by atoms with E-state index in [4.69, 9.17) is 17.3 Å². The van der Waals surface area contributed by atoms with Gasteiger partial charge in [0.2, 0.25) is 0 Å². The Morgan fingerprint density at radius 1 is 1.15 bits per heavy atom. The number of carbonyl (C=O) groups excluding carboxylic acids is 1. The van der Waals surface area contributed by atoms with Crippen molar-refractivity contribution in [2.24, 2.45) is 0 Å². The Bertz CT molecular complexity index is 1490. The quantitative estimate of drug-likeness (QED) is 0.316. The van der Waals surface area contributed by atoms with Crippen LogP contribution in [0.5, 0.6) is 0 Å². The maximum absolute atomic E-state index is 14.5. The first-order chi connectivity index (χ1) is 19.7. The second-order valence-corrected chi connectivity index (χ2v) is 11.6. The van der Waals surface area contributed by atoms with Gasteiger partial charge in [-0.1, -0.05) is 49.5 Å². The van der Waals surface area contributed by atoms with Crippen LogP contribution in [0.1, 0.15) is 49.3 Å². The number of anilines is 2. The minimum Gasteiger partial charge on any atom is -0.481 e. The molecule has 0 atom stereocenters. The van der Waals surface area contributed by atoms with Crippen molar-refractivity contribution in [1.82, 2.24) is 9.47 Å². The lowest BCUT2D eigenvalue weighted by Gasteiger charge is -2.39. The summed E-state index contributed by atoms with van der Waals surface area (Å²) in [5.41, 5.74) is 1.26. The molecule has 1 amide bonds. The van der Waals surface area contributed by atoms with E-state index in [0.717, 1.165) is 24.6 Å². The highest BCUT2D eigenvalue weighted by molar-refractivity contribution is 8.26. The van der Waals surface area contributed by atoms with Crippen molar-refractivity contribution in [1.29, 1.82) is 5.26 Å². The fourth-order valence-corrected chi connectivity index (χ4v) is 6.38. The van der Waals surface area contributed by atoms with E-state index in [0.29, 0.717) is 64.6 Å². The second kappa shape index (κ2) is 13.3. The molecule has 0 radical (unpaired) electrons. The Morgan fingerprint density at radius 3 is 2.46 bits per heavy atom. The maximum atomic E-state index is 14.5. The second-order valence-electron chi connectivity index (χ2n) is 9.92. The molecule has 41 heavy (non-hydrogen) atoms. The van der Waals surface area contributed by atoms with E-state index in [-0.39, 0.29) is 42.2 Å². The van der Waals surface area contributed by atoms with Crippen LogP contribution in [0.3, 0.4) is 0 Å². The number of halogens is 1. The summed E-state index contributed by atoms with van der Waals surface area (Å²) in [4.78, 5) is 43.6. The molecule has 2 aliphatic heterocycles. The Labute approximate surface area is 247 Å². The molecule has 0 bridgehead atoms. The molecule has 0 aliphatic carbocycles. The van der Waals surface area contributed by atoms with E-state index in [2.05, 4.69) is 11.0 Å². The fraction of sp³-hybridized carbons (Fsp3) is 0.414. The Kier molecular flexibility index (Phi) is 9.83. The number of piperazine rings is 1. The first-order valence-electron chi connectivity index (χ1n) is 13.6. The number of benzene rings is 1. The van der Waals surface area contributed by atoms with E-state index in [1.165, 1.54) is 11.0 Å². The lowest BCUT2D eigenvalue weighted by atomic mass is 10.0. The summed E-state index contributed by atoms with van der Waals surface area (Å²) in [5.74, 6) is -0.935. The molecule has 2 saturated heterocycles. The number of aliphatic carboxylic acids is 1. The van der Waals surface area contributed by atoms with Gasteiger partial charge in [0.05, 0.1) is 10.6 Å². The molecular formula is C29H32FN5O4S2. The van der Waals surface area contributed by atoms with Gasteiger partial charge in [-0.05, 0) is 43.5 Å². The molecule has 12 heteroatoms. The topological polar surface area (TPSA) is 110 Å². The number of carbonyl (C=O) groups is 2. The summed E-state index contributed by atoms with van der Waals surface area (Å²) in [5, 5.41) is 18.9. The van der Waals surface area contributed by atoms with Crippen molar-refractivity contribution in [3.8, 4) is 6.07 Å². The molecular weight excluding hydrogens is 565 g/mol. The van der Waals surface area contributed by atoms with Gasteiger partial charge in [-0.3, -0.25) is 23.9 Å². The molecule has 1 N–H and O–H groups in total. The van der Waals surface area contributed by atoms with E-state index < -0.39 is 5.97 Å². The molecule has 2 fully saturated rings. The van der Waals surface area contributed by atoms with Crippen LogP contribution in [0.4, 0.5) is 15.9 Å². The summed E-state index contributed by atoms with van der Waals surface area (Å²) < 4.78 is 16.4. The average molecular weight is 598 g/mol. The van der Waals surface area contributed by atoms with Gasteiger partial charge in [-0.25, -0.2) is 4.39 Å². The van der Waals surface area contributed by atoms with Crippen LogP contribution in [-0.2, 0) is 16.1 Å². The minimum absolute atomic E-state index is 0.0260. The number of carboxylic acid groups (broad SMARTS) is 1. The highest BCUT2D eigenvalue weighted by Crippen LogP contribution is 2.36. The monoisotopic (exact) mass is 597 g/mol. The Hall–Kier alpha value is -3.69. The molecule has 0 saturated carbocycles. The number of amides is 1. The highest BCUT2D eigenvalue weighted by Gasteiger charge is 2.33. The smallest absolute Gasteiger partial charge is 0.303 e. The van der Waals surface area contributed by atoms with Gasteiger partial charge in [0, 0.05) is 51.3 Å². The number of hydrogen-bond donors (Lipinski definition) is 1. The van der Waals surface area contributed by atoms with Crippen molar-refractivity contribution >= 4 is 57.8 Å². The SMILES string of the molecule is CCCCn1c(N2CCN(c3ccccc3F)CC2)c(/C=C2\SC(=S)N(CCCC(=O)O)C2=O)c(C)c(C#N)c1=O. The molecule has 4 rings (SSSR count). The summed E-state index contributed by atoms with van der Waals surface area (Å²) in [6.45, 7) is 6.38. The van der Waals surface area contributed by atoms with Gasteiger partial charge in [-0.2, -0.15) is 5.26 Å². The number of thiocarbonyl (C=S) groups is 1. The maximum Gasteiger partial charge on any atom is 0.303 e. The number of para-hydroxylation sites is 1.